The van der Waals surface area contributed by atoms with Crippen LogP contribution in [0.5, 0.6) is 5.75 Å². The van der Waals surface area contributed by atoms with Crippen LogP contribution in [0.15, 0.2) is 85.2 Å². The number of carboxylic acid groups (broad SMARTS) is 1. The molecule has 0 amide bonds. The van der Waals surface area contributed by atoms with E-state index in [-0.39, 0.29) is 5.56 Å². The number of carboxylic acids is 1. The van der Waals surface area contributed by atoms with Crippen LogP contribution < -0.4 is 4.74 Å². The molecule has 1 N–H and O–H groups in total. The summed E-state index contributed by atoms with van der Waals surface area (Å²) < 4.78 is 5.80. The Kier molecular flexibility index (Phi) is 4.54. The van der Waals surface area contributed by atoms with Crippen LogP contribution in [0, 0.1) is 0 Å². The maximum absolute atomic E-state index is 11.0. The van der Waals surface area contributed by atoms with Crippen LogP contribution in [-0.2, 0) is 6.61 Å². The van der Waals surface area contributed by atoms with E-state index in [0.717, 1.165) is 33.2 Å². The van der Waals surface area contributed by atoms with Crippen LogP contribution >= 0.6 is 0 Å². The van der Waals surface area contributed by atoms with Gasteiger partial charge in [-0.2, -0.15) is 0 Å². The summed E-state index contributed by atoms with van der Waals surface area (Å²) in [6.07, 6.45) is 3.66. The van der Waals surface area contributed by atoms with E-state index >= 15 is 0 Å². The Hall–Kier alpha value is -3.66. The van der Waals surface area contributed by atoms with Crippen LogP contribution in [0.1, 0.15) is 15.9 Å². The zero-order valence-corrected chi connectivity index (χ0v) is 14.5. The van der Waals surface area contributed by atoms with E-state index in [9.17, 15) is 4.79 Å². The second-order valence-electron chi connectivity index (χ2n) is 6.22. The number of rotatable bonds is 5. The molecule has 0 aliphatic heterocycles. The lowest BCUT2D eigenvalue weighted by atomic mass is 9.99. The number of fused-ring (bicyclic) bond motifs is 1. The molecule has 3 aromatic carbocycles. The predicted octanol–water partition coefficient (Wildman–Crippen LogP) is 5.18. The van der Waals surface area contributed by atoms with Crippen LogP contribution in [0.25, 0.3) is 21.9 Å². The van der Waals surface area contributed by atoms with Crippen LogP contribution in [0.2, 0.25) is 0 Å². The Morgan fingerprint density at radius 2 is 1.78 bits per heavy atom. The fourth-order valence-electron chi connectivity index (χ4n) is 3.07. The van der Waals surface area contributed by atoms with Crippen molar-refractivity contribution in [1.29, 1.82) is 0 Å². The van der Waals surface area contributed by atoms with Crippen LogP contribution in [0.4, 0.5) is 0 Å². The third-order valence-corrected chi connectivity index (χ3v) is 4.43. The summed E-state index contributed by atoms with van der Waals surface area (Å²) >= 11 is 0. The summed E-state index contributed by atoms with van der Waals surface area (Å²) in [6.45, 7) is 0.320. The molecule has 4 heteroatoms. The highest BCUT2D eigenvalue weighted by atomic mass is 16.5. The summed E-state index contributed by atoms with van der Waals surface area (Å²) in [6, 6.07) is 22.9. The molecule has 0 saturated carbocycles. The Bertz CT molecular complexity index is 1100. The Labute approximate surface area is 156 Å². The van der Waals surface area contributed by atoms with Crippen molar-refractivity contribution in [3.63, 3.8) is 0 Å². The zero-order valence-electron chi connectivity index (χ0n) is 14.5. The molecule has 0 aliphatic rings. The smallest absolute Gasteiger partial charge is 0.335 e. The van der Waals surface area contributed by atoms with Gasteiger partial charge in [-0.05, 0) is 52.4 Å². The molecule has 0 bridgehead atoms. The Balaban J connectivity index is 1.52. The Morgan fingerprint density at radius 3 is 2.59 bits per heavy atom. The van der Waals surface area contributed by atoms with E-state index in [1.807, 2.05) is 48.7 Å². The molecule has 0 saturated heterocycles. The maximum atomic E-state index is 11.0. The summed E-state index contributed by atoms with van der Waals surface area (Å²) in [7, 11) is 0. The molecule has 0 atom stereocenters. The average molecular weight is 355 g/mol. The summed E-state index contributed by atoms with van der Waals surface area (Å²) in [5, 5.41) is 11.3. The lowest BCUT2D eigenvalue weighted by molar-refractivity contribution is 0.0696. The molecule has 1 heterocycles. The molecule has 0 aliphatic carbocycles. The third kappa shape index (κ3) is 3.65. The number of ether oxygens (including phenoxy) is 1. The molecular weight excluding hydrogens is 338 g/mol. The highest BCUT2D eigenvalue weighted by Crippen LogP contribution is 2.29. The first-order valence-corrected chi connectivity index (χ1v) is 8.59. The quantitative estimate of drug-likeness (QED) is 0.536. The van der Waals surface area contributed by atoms with Crippen molar-refractivity contribution in [2.45, 2.75) is 6.61 Å². The summed E-state index contributed by atoms with van der Waals surface area (Å²) in [5.74, 6) is -0.201. The number of aromatic nitrogens is 1. The number of hydrogen-bond acceptors (Lipinski definition) is 3. The fourth-order valence-corrected chi connectivity index (χ4v) is 3.07. The number of benzene rings is 3. The van der Waals surface area contributed by atoms with Crippen molar-refractivity contribution < 1.29 is 14.6 Å². The van der Waals surface area contributed by atoms with E-state index in [1.165, 1.54) is 0 Å². The van der Waals surface area contributed by atoms with Gasteiger partial charge in [0.05, 0.1) is 5.56 Å². The van der Waals surface area contributed by atoms with Gasteiger partial charge in [-0.3, -0.25) is 4.98 Å². The first kappa shape index (κ1) is 16.8. The third-order valence-electron chi connectivity index (χ3n) is 4.43. The lowest BCUT2D eigenvalue weighted by Gasteiger charge is -2.10. The molecule has 0 unspecified atom stereocenters. The summed E-state index contributed by atoms with van der Waals surface area (Å²) in [4.78, 5) is 15.2. The maximum Gasteiger partial charge on any atom is 0.335 e. The number of carbonyl (C=O) groups is 1. The van der Waals surface area contributed by atoms with E-state index < -0.39 is 5.97 Å². The first-order valence-electron chi connectivity index (χ1n) is 8.59. The topological polar surface area (TPSA) is 59.4 Å². The highest BCUT2D eigenvalue weighted by molar-refractivity contribution is 5.96. The molecule has 0 spiro atoms. The van der Waals surface area contributed by atoms with Gasteiger partial charge in [-0.15, -0.1) is 0 Å². The molecule has 0 fully saturated rings. The number of nitrogens with zero attached hydrogens (tertiary/aromatic N) is 1. The minimum absolute atomic E-state index is 0.261. The number of aromatic carboxylic acids is 1. The minimum atomic E-state index is -0.938. The van der Waals surface area contributed by atoms with Gasteiger partial charge < -0.3 is 9.84 Å². The second-order valence-corrected chi connectivity index (χ2v) is 6.22. The standard InChI is InChI=1S/C23H17NO3/c25-23(26)18-4-1-3-16(13-18)15-27-20-9-7-17(8-10-20)21-6-2-5-19-14-24-12-11-22(19)21/h1-14H,15H2,(H,25,26). The van der Waals surface area contributed by atoms with Gasteiger partial charge >= 0.3 is 5.97 Å². The van der Waals surface area contributed by atoms with Crippen LogP contribution in [0.3, 0.4) is 0 Å². The highest BCUT2D eigenvalue weighted by Gasteiger charge is 2.06. The van der Waals surface area contributed by atoms with Gasteiger partial charge in [0.1, 0.15) is 12.4 Å². The van der Waals surface area contributed by atoms with E-state index in [4.69, 9.17) is 9.84 Å². The van der Waals surface area contributed by atoms with Gasteiger partial charge in [-0.1, -0.05) is 42.5 Å². The largest absolute Gasteiger partial charge is 0.489 e. The molecule has 1 aromatic heterocycles. The lowest BCUT2D eigenvalue weighted by Crippen LogP contribution is -2.00. The van der Waals surface area contributed by atoms with E-state index in [1.54, 1.807) is 24.4 Å². The molecule has 4 nitrogen and oxygen atoms in total. The van der Waals surface area contributed by atoms with Crippen LogP contribution in [-0.4, -0.2) is 16.1 Å². The molecular formula is C23H17NO3. The van der Waals surface area contributed by atoms with Crippen molar-refractivity contribution >= 4 is 16.7 Å². The minimum Gasteiger partial charge on any atom is -0.489 e. The molecule has 132 valence electrons. The van der Waals surface area contributed by atoms with Crippen molar-refractivity contribution in [1.82, 2.24) is 4.98 Å². The number of pyridine rings is 1. The van der Waals surface area contributed by atoms with E-state index in [0.29, 0.717) is 6.61 Å². The molecule has 4 rings (SSSR count). The van der Waals surface area contributed by atoms with E-state index in [2.05, 4.69) is 17.1 Å². The molecule has 4 aromatic rings. The summed E-state index contributed by atoms with van der Waals surface area (Å²) in [5.41, 5.74) is 3.33. The Morgan fingerprint density at radius 1 is 0.963 bits per heavy atom. The fraction of sp³-hybridized carbons (Fsp3) is 0.0435. The molecule has 27 heavy (non-hydrogen) atoms. The van der Waals surface area contributed by atoms with Crippen molar-refractivity contribution in [3.05, 3.63) is 96.3 Å². The van der Waals surface area contributed by atoms with Crippen molar-refractivity contribution in [3.8, 4) is 16.9 Å². The predicted molar refractivity (Wildman–Crippen MR) is 105 cm³/mol. The van der Waals surface area contributed by atoms with Gasteiger partial charge in [0.25, 0.3) is 0 Å². The van der Waals surface area contributed by atoms with Gasteiger partial charge in [-0.25, -0.2) is 4.79 Å². The first-order chi connectivity index (χ1) is 13.2. The van der Waals surface area contributed by atoms with Gasteiger partial charge in [0, 0.05) is 17.8 Å². The van der Waals surface area contributed by atoms with Gasteiger partial charge in [0.15, 0.2) is 0 Å². The van der Waals surface area contributed by atoms with Gasteiger partial charge in [0.2, 0.25) is 0 Å². The van der Waals surface area contributed by atoms with Crippen molar-refractivity contribution in [2.24, 2.45) is 0 Å². The molecule has 0 radical (unpaired) electrons. The number of hydrogen-bond donors (Lipinski definition) is 1. The normalized spacial score (nSPS) is 10.7. The second kappa shape index (κ2) is 7.30. The van der Waals surface area contributed by atoms with Crippen molar-refractivity contribution in [2.75, 3.05) is 0 Å². The monoisotopic (exact) mass is 355 g/mol. The average Bonchev–Trinajstić information content (AvgIpc) is 2.72. The SMILES string of the molecule is O=C(O)c1cccc(COc2ccc(-c3cccc4cnccc34)cc2)c1. The zero-order chi connectivity index (χ0) is 18.6.